The van der Waals surface area contributed by atoms with Crippen LogP contribution in [0, 0.1) is 18.3 Å². The normalized spacial score (nSPS) is 11.2. The number of amides is 1. The molecule has 0 fully saturated rings. The number of nitrogens with zero attached hydrogens (tertiary/aromatic N) is 3. The summed E-state index contributed by atoms with van der Waals surface area (Å²) in [6.07, 6.45) is 1.35. The average Bonchev–Trinajstić information content (AvgIpc) is 2.91. The van der Waals surface area contributed by atoms with E-state index in [1.54, 1.807) is 42.9 Å². The van der Waals surface area contributed by atoms with Crippen LogP contribution in [0.25, 0.3) is 11.8 Å². The summed E-state index contributed by atoms with van der Waals surface area (Å²) < 4.78 is 3.08. The predicted molar refractivity (Wildman–Crippen MR) is 114 cm³/mol. The quantitative estimate of drug-likeness (QED) is 0.497. The minimum absolute atomic E-state index is 0.102. The molecule has 0 saturated carbocycles. The monoisotopic (exact) mass is 426 g/mol. The molecule has 1 aromatic heterocycles. The van der Waals surface area contributed by atoms with Crippen LogP contribution in [0.1, 0.15) is 11.3 Å². The van der Waals surface area contributed by atoms with Gasteiger partial charge in [0.25, 0.3) is 11.5 Å². The first-order valence-corrected chi connectivity index (χ1v) is 9.31. The zero-order valence-corrected chi connectivity index (χ0v) is 17.1. The SMILES string of the molecule is Cc1c(NC(=O)/C(C#N)=C\c2ccc(Cl)cc2Cl)c(=O)n(-c2ccccc2)n1C. The molecule has 0 aliphatic carbocycles. The molecule has 146 valence electrons. The van der Waals surface area contributed by atoms with Crippen LogP contribution < -0.4 is 10.9 Å². The van der Waals surface area contributed by atoms with Crippen LogP contribution in [0.3, 0.4) is 0 Å². The van der Waals surface area contributed by atoms with E-state index in [9.17, 15) is 14.9 Å². The maximum absolute atomic E-state index is 12.9. The van der Waals surface area contributed by atoms with Crippen LogP contribution in [0.2, 0.25) is 10.0 Å². The van der Waals surface area contributed by atoms with E-state index in [2.05, 4.69) is 5.32 Å². The Bertz CT molecular complexity index is 1220. The molecule has 2 aromatic carbocycles. The first kappa shape index (κ1) is 20.5. The number of nitriles is 1. The number of aromatic nitrogens is 2. The first-order valence-electron chi connectivity index (χ1n) is 8.55. The third-order valence-electron chi connectivity index (χ3n) is 4.42. The molecule has 0 bridgehead atoms. The van der Waals surface area contributed by atoms with Gasteiger partial charge in [0.2, 0.25) is 0 Å². The third kappa shape index (κ3) is 4.11. The Kier molecular flexibility index (Phi) is 5.92. The van der Waals surface area contributed by atoms with Gasteiger partial charge in [-0.05, 0) is 42.8 Å². The highest BCUT2D eigenvalue weighted by Crippen LogP contribution is 2.23. The van der Waals surface area contributed by atoms with Crippen molar-refractivity contribution in [3.05, 3.63) is 85.8 Å². The van der Waals surface area contributed by atoms with Crippen molar-refractivity contribution in [2.75, 3.05) is 5.32 Å². The van der Waals surface area contributed by atoms with Crippen molar-refractivity contribution in [3.8, 4) is 11.8 Å². The van der Waals surface area contributed by atoms with Crippen LogP contribution >= 0.6 is 23.2 Å². The van der Waals surface area contributed by atoms with Gasteiger partial charge in [-0.25, -0.2) is 4.68 Å². The van der Waals surface area contributed by atoms with Gasteiger partial charge < -0.3 is 5.32 Å². The fourth-order valence-electron chi connectivity index (χ4n) is 2.82. The fraction of sp³-hybridized carbons (Fsp3) is 0.0952. The number of halogens is 2. The lowest BCUT2D eigenvalue weighted by molar-refractivity contribution is -0.112. The molecule has 29 heavy (non-hydrogen) atoms. The van der Waals surface area contributed by atoms with Gasteiger partial charge in [-0.1, -0.05) is 47.5 Å². The van der Waals surface area contributed by atoms with E-state index >= 15 is 0 Å². The third-order valence-corrected chi connectivity index (χ3v) is 4.98. The Hall–Kier alpha value is -3.27. The molecule has 3 aromatic rings. The summed E-state index contributed by atoms with van der Waals surface area (Å²) >= 11 is 12.0. The van der Waals surface area contributed by atoms with E-state index in [-0.39, 0.29) is 11.3 Å². The summed E-state index contributed by atoms with van der Waals surface area (Å²) in [5.41, 5.74) is 1.19. The predicted octanol–water partition coefficient (Wildman–Crippen LogP) is 4.34. The molecule has 0 spiro atoms. The van der Waals surface area contributed by atoms with E-state index in [0.717, 1.165) is 0 Å². The molecule has 0 radical (unpaired) electrons. The summed E-state index contributed by atoms with van der Waals surface area (Å²) in [7, 11) is 1.72. The Labute approximate surface area is 177 Å². The summed E-state index contributed by atoms with van der Waals surface area (Å²) in [5.74, 6) is -0.704. The van der Waals surface area contributed by atoms with E-state index in [0.29, 0.717) is 27.0 Å². The highest BCUT2D eigenvalue weighted by Gasteiger charge is 2.20. The Morgan fingerprint density at radius 1 is 1.17 bits per heavy atom. The summed E-state index contributed by atoms with van der Waals surface area (Å²) in [4.78, 5) is 25.6. The minimum atomic E-state index is -0.704. The van der Waals surface area contributed by atoms with Crippen LogP contribution in [-0.2, 0) is 11.8 Å². The number of para-hydroxylation sites is 1. The van der Waals surface area contributed by atoms with Gasteiger partial charge in [0, 0.05) is 17.1 Å². The summed E-state index contributed by atoms with van der Waals surface area (Å²) in [5, 5.41) is 12.7. The maximum Gasteiger partial charge on any atom is 0.295 e. The number of nitrogens with one attached hydrogen (secondary N) is 1. The van der Waals surface area contributed by atoms with E-state index in [4.69, 9.17) is 23.2 Å². The molecule has 0 atom stereocenters. The molecule has 6 nitrogen and oxygen atoms in total. The van der Waals surface area contributed by atoms with Crippen molar-refractivity contribution in [1.82, 2.24) is 9.36 Å². The number of benzene rings is 2. The molecule has 0 aliphatic rings. The van der Waals surface area contributed by atoms with Crippen molar-refractivity contribution < 1.29 is 4.79 Å². The van der Waals surface area contributed by atoms with Gasteiger partial charge in [-0.15, -0.1) is 0 Å². The van der Waals surface area contributed by atoms with Gasteiger partial charge in [-0.3, -0.25) is 14.3 Å². The highest BCUT2D eigenvalue weighted by molar-refractivity contribution is 6.35. The van der Waals surface area contributed by atoms with Crippen LogP contribution in [0.15, 0.2) is 58.9 Å². The number of hydrogen-bond donors (Lipinski definition) is 1. The van der Waals surface area contributed by atoms with Gasteiger partial charge in [-0.2, -0.15) is 5.26 Å². The molecule has 0 unspecified atom stereocenters. The Balaban J connectivity index is 1.97. The van der Waals surface area contributed by atoms with Gasteiger partial charge in [0.05, 0.1) is 11.4 Å². The van der Waals surface area contributed by atoms with Gasteiger partial charge >= 0.3 is 0 Å². The van der Waals surface area contributed by atoms with Crippen molar-refractivity contribution >= 4 is 40.9 Å². The van der Waals surface area contributed by atoms with Crippen molar-refractivity contribution in [2.24, 2.45) is 7.05 Å². The molecule has 3 rings (SSSR count). The Morgan fingerprint density at radius 3 is 2.48 bits per heavy atom. The van der Waals surface area contributed by atoms with Gasteiger partial charge in [0.1, 0.15) is 17.3 Å². The molecule has 0 saturated heterocycles. The maximum atomic E-state index is 12.9. The molecule has 1 heterocycles. The van der Waals surface area contributed by atoms with E-state index in [1.165, 1.54) is 16.8 Å². The molecule has 1 N–H and O–H groups in total. The van der Waals surface area contributed by atoms with E-state index in [1.807, 2.05) is 24.3 Å². The second-order valence-corrected chi connectivity index (χ2v) is 7.07. The number of anilines is 1. The summed E-state index contributed by atoms with van der Waals surface area (Å²) in [6, 6.07) is 15.6. The Morgan fingerprint density at radius 2 is 1.86 bits per heavy atom. The largest absolute Gasteiger partial charge is 0.315 e. The molecule has 1 amide bonds. The second-order valence-electron chi connectivity index (χ2n) is 6.23. The molecule has 0 aliphatic heterocycles. The van der Waals surface area contributed by atoms with Crippen molar-refractivity contribution in [1.29, 1.82) is 5.26 Å². The zero-order valence-electron chi connectivity index (χ0n) is 15.6. The lowest BCUT2D eigenvalue weighted by atomic mass is 10.1. The average molecular weight is 427 g/mol. The lowest BCUT2D eigenvalue weighted by Gasteiger charge is -2.07. The molecular weight excluding hydrogens is 411 g/mol. The fourth-order valence-corrected chi connectivity index (χ4v) is 3.28. The standard InChI is InChI=1S/C21H16Cl2N4O2/c1-13-19(21(29)27(26(13)2)17-6-4-3-5-7-17)25-20(28)15(12-24)10-14-8-9-16(22)11-18(14)23/h3-11H,1-2H3,(H,25,28)/b15-10-. The van der Waals surface area contributed by atoms with E-state index < -0.39 is 11.5 Å². The smallest absolute Gasteiger partial charge is 0.295 e. The summed E-state index contributed by atoms with van der Waals surface area (Å²) in [6.45, 7) is 1.71. The topological polar surface area (TPSA) is 79.8 Å². The second kappa shape index (κ2) is 8.39. The lowest BCUT2D eigenvalue weighted by Crippen LogP contribution is -2.23. The molecular formula is C21H16Cl2N4O2. The van der Waals surface area contributed by atoms with Crippen LogP contribution in [0.5, 0.6) is 0 Å². The van der Waals surface area contributed by atoms with Crippen molar-refractivity contribution in [3.63, 3.8) is 0 Å². The number of carbonyl (C=O) groups excluding carboxylic acids is 1. The number of carbonyl (C=O) groups is 1. The van der Waals surface area contributed by atoms with Crippen LogP contribution in [-0.4, -0.2) is 15.3 Å². The van der Waals surface area contributed by atoms with Gasteiger partial charge in [0.15, 0.2) is 0 Å². The molecule has 8 heteroatoms. The van der Waals surface area contributed by atoms with Crippen LogP contribution in [0.4, 0.5) is 5.69 Å². The highest BCUT2D eigenvalue weighted by atomic mass is 35.5. The zero-order chi connectivity index (χ0) is 21.1. The minimum Gasteiger partial charge on any atom is -0.315 e. The number of rotatable bonds is 4. The number of hydrogen-bond acceptors (Lipinski definition) is 3. The van der Waals surface area contributed by atoms with Crippen molar-refractivity contribution in [2.45, 2.75) is 6.92 Å². The first-order chi connectivity index (χ1) is 13.8.